The van der Waals surface area contributed by atoms with E-state index in [9.17, 15) is 8.42 Å². The van der Waals surface area contributed by atoms with E-state index >= 15 is 0 Å². The number of benzene rings is 1. The number of sulfonamides is 1. The van der Waals surface area contributed by atoms with Crippen LogP contribution in [0.1, 0.15) is 18.9 Å². The molecule has 0 aliphatic carbocycles. The first-order chi connectivity index (χ1) is 10.00. The minimum Gasteiger partial charge on any atom is -0.339 e. The minimum atomic E-state index is -3.34. The van der Waals surface area contributed by atoms with Gasteiger partial charge in [0.25, 0.3) is 0 Å². The molecule has 21 heavy (non-hydrogen) atoms. The molecule has 0 aliphatic heterocycles. The van der Waals surface area contributed by atoms with Crippen molar-refractivity contribution >= 4 is 27.3 Å². The van der Waals surface area contributed by atoms with Crippen LogP contribution in [-0.2, 0) is 10.0 Å². The monoisotopic (exact) mass is 306 g/mol. The van der Waals surface area contributed by atoms with Crippen molar-refractivity contribution in [3.05, 3.63) is 42.0 Å². The fourth-order valence-corrected chi connectivity index (χ4v) is 2.85. The van der Waals surface area contributed by atoms with Crippen molar-refractivity contribution in [3.8, 4) is 0 Å². The van der Waals surface area contributed by atoms with Crippen molar-refractivity contribution in [2.24, 2.45) is 0 Å². The molecule has 0 bridgehead atoms. The summed E-state index contributed by atoms with van der Waals surface area (Å²) in [6, 6.07) is 11.1. The lowest BCUT2D eigenvalue weighted by atomic mass is 10.2. The second-order valence-electron chi connectivity index (χ2n) is 4.66. The summed E-state index contributed by atoms with van der Waals surface area (Å²) in [6.45, 7) is 3.79. The number of aromatic nitrogens is 2. The zero-order chi connectivity index (χ0) is 15.3. The molecule has 0 saturated heterocycles. The summed E-state index contributed by atoms with van der Waals surface area (Å²) in [7, 11) is -3.34. The van der Waals surface area contributed by atoms with Gasteiger partial charge in [0, 0.05) is 5.69 Å². The topological polar surface area (TPSA) is 84.0 Å². The van der Waals surface area contributed by atoms with E-state index < -0.39 is 10.0 Å². The van der Waals surface area contributed by atoms with Crippen molar-refractivity contribution in [2.75, 3.05) is 15.8 Å². The van der Waals surface area contributed by atoms with E-state index in [1.807, 2.05) is 31.2 Å². The van der Waals surface area contributed by atoms with Crippen LogP contribution in [0, 0.1) is 6.92 Å². The predicted octanol–water partition coefficient (Wildman–Crippen LogP) is 2.68. The van der Waals surface area contributed by atoms with E-state index in [1.54, 1.807) is 19.1 Å². The van der Waals surface area contributed by atoms with Gasteiger partial charge in [-0.25, -0.2) is 8.42 Å². The van der Waals surface area contributed by atoms with Crippen LogP contribution < -0.4 is 10.0 Å². The Morgan fingerprint density at radius 3 is 2.33 bits per heavy atom. The molecule has 0 amide bonds. The van der Waals surface area contributed by atoms with Gasteiger partial charge in [-0.15, -0.1) is 10.2 Å². The van der Waals surface area contributed by atoms with Crippen molar-refractivity contribution < 1.29 is 8.42 Å². The maximum Gasteiger partial charge on any atom is 0.233 e. The van der Waals surface area contributed by atoms with Crippen LogP contribution in [0.15, 0.2) is 36.4 Å². The summed E-state index contributed by atoms with van der Waals surface area (Å²) in [5.41, 5.74) is 2.03. The molecule has 6 nitrogen and oxygen atoms in total. The number of rotatable bonds is 6. The molecule has 0 unspecified atom stereocenters. The normalized spacial score (nSPS) is 11.1. The number of nitrogens with zero attached hydrogens (tertiary/aromatic N) is 2. The minimum absolute atomic E-state index is 0.0674. The Bertz CT molecular complexity index is 699. The number of nitrogens with one attached hydrogen (secondary N) is 2. The summed E-state index contributed by atoms with van der Waals surface area (Å²) in [4.78, 5) is 0. The predicted molar refractivity (Wildman–Crippen MR) is 84.2 cm³/mol. The van der Waals surface area contributed by atoms with Crippen molar-refractivity contribution in [2.45, 2.75) is 20.3 Å². The molecular weight excluding hydrogens is 288 g/mol. The van der Waals surface area contributed by atoms with Crippen LogP contribution in [0.5, 0.6) is 0 Å². The molecule has 7 heteroatoms. The molecule has 0 spiro atoms. The third-order valence-electron chi connectivity index (χ3n) is 2.81. The lowest BCUT2D eigenvalue weighted by Gasteiger charge is -2.09. The van der Waals surface area contributed by atoms with E-state index in [1.165, 1.54) is 0 Å². The molecule has 1 heterocycles. The molecule has 2 rings (SSSR count). The molecule has 112 valence electrons. The number of anilines is 3. The van der Waals surface area contributed by atoms with Gasteiger partial charge < -0.3 is 5.32 Å². The summed E-state index contributed by atoms with van der Waals surface area (Å²) in [5.74, 6) is 0.847. The summed E-state index contributed by atoms with van der Waals surface area (Å²) in [6.07, 6.45) is 0.551. The molecule has 0 aliphatic rings. The number of hydrogen-bond donors (Lipinski definition) is 2. The first-order valence-corrected chi connectivity index (χ1v) is 8.32. The standard InChI is InChI=1S/C14H18N4O2S/c1-3-10-21(19,20)18-14-9-8-13(16-17-14)15-12-7-5-4-6-11(12)2/h4-9H,3,10H2,1-2H3,(H,15,16)(H,17,18). The highest BCUT2D eigenvalue weighted by atomic mass is 32.2. The van der Waals surface area contributed by atoms with Gasteiger partial charge in [0.15, 0.2) is 11.6 Å². The fourth-order valence-electron chi connectivity index (χ4n) is 1.78. The van der Waals surface area contributed by atoms with Gasteiger partial charge in [0.1, 0.15) is 0 Å². The van der Waals surface area contributed by atoms with Crippen molar-refractivity contribution in [3.63, 3.8) is 0 Å². The lowest BCUT2D eigenvalue weighted by Crippen LogP contribution is -2.17. The number of aryl methyl sites for hydroxylation is 1. The lowest BCUT2D eigenvalue weighted by molar-refractivity contribution is 0.599. The highest BCUT2D eigenvalue weighted by Crippen LogP contribution is 2.18. The largest absolute Gasteiger partial charge is 0.339 e. The first-order valence-electron chi connectivity index (χ1n) is 6.67. The van der Waals surface area contributed by atoms with Crippen LogP contribution in [-0.4, -0.2) is 24.4 Å². The Kier molecular flexibility index (Phi) is 4.74. The maximum atomic E-state index is 11.6. The molecule has 0 saturated carbocycles. The Morgan fingerprint density at radius 2 is 1.71 bits per heavy atom. The van der Waals surface area contributed by atoms with Gasteiger partial charge >= 0.3 is 0 Å². The van der Waals surface area contributed by atoms with Gasteiger partial charge in [-0.2, -0.15) is 0 Å². The van der Waals surface area contributed by atoms with Gasteiger partial charge in [0.05, 0.1) is 5.75 Å². The Morgan fingerprint density at radius 1 is 1.05 bits per heavy atom. The molecule has 0 atom stereocenters. The molecule has 2 N–H and O–H groups in total. The molecule has 1 aromatic carbocycles. The van der Waals surface area contributed by atoms with E-state index in [0.717, 1.165) is 11.3 Å². The Hall–Kier alpha value is -2.15. The van der Waals surface area contributed by atoms with Gasteiger partial charge in [-0.3, -0.25) is 4.72 Å². The Balaban J connectivity index is 2.08. The SMILES string of the molecule is CCCS(=O)(=O)Nc1ccc(Nc2ccccc2C)nn1. The molecule has 0 radical (unpaired) electrons. The van der Waals surface area contributed by atoms with E-state index in [2.05, 4.69) is 20.2 Å². The van der Waals surface area contributed by atoms with Crippen LogP contribution in [0.3, 0.4) is 0 Å². The third kappa shape index (κ3) is 4.42. The highest BCUT2D eigenvalue weighted by Gasteiger charge is 2.10. The van der Waals surface area contributed by atoms with E-state index in [4.69, 9.17) is 0 Å². The highest BCUT2D eigenvalue weighted by molar-refractivity contribution is 7.92. The van der Waals surface area contributed by atoms with E-state index in [0.29, 0.717) is 12.2 Å². The number of hydrogen-bond acceptors (Lipinski definition) is 5. The van der Waals surface area contributed by atoms with Crippen molar-refractivity contribution in [1.82, 2.24) is 10.2 Å². The average Bonchev–Trinajstić information content (AvgIpc) is 2.43. The van der Waals surface area contributed by atoms with E-state index in [-0.39, 0.29) is 11.6 Å². The summed E-state index contributed by atoms with van der Waals surface area (Å²) < 4.78 is 25.6. The fraction of sp³-hybridized carbons (Fsp3) is 0.286. The van der Waals surface area contributed by atoms with Gasteiger partial charge in [-0.05, 0) is 37.1 Å². The molecule has 0 fully saturated rings. The molecular formula is C14H18N4O2S. The maximum absolute atomic E-state index is 11.6. The quantitative estimate of drug-likeness (QED) is 0.857. The zero-order valence-electron chi connectivity index (χ0n) is 12.0. The molecule has 2 aromatic rings. The smallest absolute Gasteiger partial charge is 0.233 e. The molecule has 1 aromatic heterocycles. The Labute approximate surface area is 124 Å². The van der Waals surface area contributed by atoms with Crippen LogP contribution in [0.4, 0.5) is 17.3 Å². The van der Waals surface area contributed by atoms with Gasteiger partial charge in [-0.1, -0.05) is 25.1 Å². The summed E-state index contributed by atoms with van der Waals surface area (Å²) >= 11 is 0. The average molecular weight is 306 g/mol. The third-order valence-corrected chi connectivity index (χ3v) is 4.27. The second-order valence-corrected chi connectivity index (χ2v) is 6.51. The zero-order valence-corrected chi connectivity index (χ0v) is 12.8. The van der Waals surface area contributed by atoms with Crippen molar-refractivity contribution in [1.29, 1.82) is 0 Å². The second kappa shape index (κ2) is 6.53. The van der Waals surface area contributed by atoms with Crippen LogP contribution in [0.2, 0.25) is 0 Å². The van der Waals surface area contributed by atoms with Crippen LogP contribution in [0.25, 0.3) is 0 Å². The summed E-state index contributed by atoms with van der Waals surface area (Å²) in [5, 5.41) is 11.0. The first kappa shape index (κ1) is 15.2. The van der Waals surface area contributed by atoms with Crippen LogP contribution >= 0.6 is 0 Å². The van der Waals surface area contributed by atoms with Gasteiger partial charge in [0.2, 0.25) is 10.0 Å². The number of para-hydroxylation sites is 1.